The summed E-state index contributed by atoms with van der Waals surface area (Å²) in [5, 5.41) is 0.774. The van der Waals surface area contributed by atoms with Gasteiger partial charge in [0.2, 0.25) is 5.96 Å². The number of hydrogen-bond donors (Lipinski definition) is 0. The molecule has 5 heteroatoms. The van der Waals surface area contributed by atoms with E-state index in [1.807, 2.05) is 12.1 Å². The fraction of sp³-hybridized carbons (Fsp3) is 0.188. The minimum absolute atomic E-state index is 0. The van der Waals surface area contributed by atoms with E-state index in [-0.39, 0.29) is 13.8 Å². The van der Waals surface area contributed by atoms with Crippen LogP contribution in [0.2, 0.25) is 5.02 Å². The zero-order chi connectivity index (χ0) is 13.5. The van der Waals surface area contributed by atoms with Crippen molar-refractivity contribution in [2.75, 3.05) is 22.9 Å². The van der Waals surface area contributed by atoms with Gasteiger partial charge in [-0.15, -0.1) is 0 Å². The summed E-state index contributed by atoms with van der Waals surface area (Å²) in [6.45, 7) is 2.67. The molecule has 2 aliphatic heterocycles. The molecule has 21 heavy (non-hydrogen) atoms. The maximum absolute atomic E-state index is 5.95. The molecule has 2 aromatic rings. The number of anilines is 2. The van der Waals surface area contributed by atoms with E-state index < -0.39 is 0 Å². The molecule has 0 atom stereocenters. The van der Waals surface area contributed by atoms with Crippen LogP contribution >= 0.6 is 11.6 Å². The third kappa shape index (κ3) is 2.37. The molecule has 0 unspecified atom stereocenters. The van der Waals surface area contributed by atoms with Gasteiger partial charge in [0.15, 0.2) is 0 Å². The van der Waals surface area contributed by atoms with Crippen molar-refractivity contribution in [3.05, 3.63) is 59.1 Å². The highest BCUT2D eigenvalue weighted by Crippen LogP contribution is 2.39. The highest BCUT2D eigenvalue weighted by atomic mass is 35.5. The number of halogens is 2. The Morgan fingerprint density at radius 3 is 2.52 bits per heavy atom. The second-order valence-electron chi connectivity index (χ2n) is 5.03. The number of benzene rings is 2. The Morgan fingerprint density at radius 1 is 1.05 bits per heavy atom. The second-order valence-corrected chi connectivity index (χ2v) is 5.47. The van der Waals surface area contributed by atoms with Gasteiger partial charge in [0, 0.05) is 11.6 Å². The van der Waals surface area contributed by atoms with Gasteiger partial charge in [-0.1, -0.05) is 35.9 Å². The Kier molecular flexibility index (Phi) is 3.79. The van der Waals surface area contributed by atoms with Crippen LogP contribution in [0.4, 0.5) is 11.4 Å². The van der Waals surface area contributed by atoms with Gasteiger partial charge < -0.3 is 22.2 Å². The first-order valence-corrected chi connectivity index (χ1v) is 7.14. The van der Waals surface area contributed by atoms with Crippen molar-refractivity contribution in [2.24, 2.45) is 4.99 Å². The van der Waals surface area contributed by atoms with E-state index in [0.717, 1.165) is 30.6 Å². The average molecular weight is 320 g/mol. The van der Waals surface area contributed by atoms with E-state index in [1.165, 1.54) is 16.9 Å². The number of aliphatic imine (C=N–C) groups is 1. The van der Waals surface area contributed by atoms with Crippen molar-refractivity contribution in [1.29, 1.82) is 0 Å². The zero-order valence-corrected chi connectivity index (χ0v) is 12.8. The molecule has 108 valence electrons. The summed E-state index contributed by atoms with van der Waals surface area (Å²) in [5.74, 6) is 1.07. The maximum Gasteiger partial charge on any atom is 1.00 e. The maximum atomic E-state index is 5.95. The van der Waals surface area contributed by atoms with Crippen LogP contribution in [0, 0.1) is 0 Å². The minimum Gasteiger partial charge on any atom is -1.00 e. The summed E-state index contributed by atoms with van der Waals surface area (Å²) in [6.07, 6.45) is 0. The van der Waals surface area contributed by atoms with Gasteiger partial charge in [0.1, 0.15) is 0 Å². The monoisotopic (exact) mass is 319 g/mol. The van der Waals surface area contributed by atoms with E-state index in [0.29, 0.717) is 0 Å². The lowest BCUT2D eigenvalue weighted by Crippen LogP contribution is -3.00. The molecule has 0 bridgehead atoms. The van der Waals surface area contributed by atoms with Crippen LogP contribution in [-0.4, -0.2) is 19.0 Å². The first-order valence-electron chi connectivity index (χ1n) is 6.76. The van der Waals surface area contributed by atoms with Gasteiger partial charge in [-0.3, -0.25) is 4.99 Å². The predicted molar refractivity (Wildman–Crippen MR) is 84.8 cm³/mol. The molecular weight excluding hydrogens is 305 g/mol. The van der Waals surface area contributed by atoms with E-state index in [1.54, 1.807) is 0 Å². The molecule has 0 aliphatic carbocycles. The van der Waals surface area contributed by atoms with Crippen LogP contribution < -0.4 is 22.2 Å². The van der Waals surface area contributed by atoms with Gasteiger partial charge >= 0.3 is 1.43 Å². The van der Waals surface area contributed by atoms with Crippen LogP contribution in [0.15, 0.2) is 53.5 Å². The van der Waals surface area contributed by atoms with Crippen molar-refractivity contribution in [3.8, 4) is 0 Å². The Morgan fingerprint density at radius 2 is 1.76 bits per heavy atom. The largest absolute Gasteiger partial charge is 1.00 e. The molecular formula is C16H15Cl2N3. The number of hydrogen-bond acceptors (Lipinski definition) is 3. The molecule has 0 N–H and O–H groups in total. The molecule has 3 nitrogen and oxygen atoms in total. The number of nitrogens with zero attached hydrogens (tertiary/aromatic N) is 3. The molecule has 2 heterocycles. The average Bonchev–Trinajstić information content (AvgIpc) is 3.05. The number of rotatable bonds is 2. The van der Waals surface area contributed by atoms with Crippen molar-refractivity contribution in [1.82, 2.24) is 0 Å². The summed E-state index contributed by atoms with van der Waals surface area (Å²) in [4.78, 5) is 9.23. The minimum atomic E-state index is 0. The van der Waals surface area contributed by atoms with Crippen LogP contribution in [0.5, 0.6) is 0 Å². The molecule has 0 aromatic heterocycles. The Labute approximate surface area is 136 Å². The lowest BCUT2D eigenvalue weighted by molar-refractivity contribution is -0.00000379. The summed E-state index contributed by atoms with van der Waals surface area (Å²) in [7, 11) is 0. The lowest BCUT2D eigenvalue weighted by Gasteiger charge is -2.19. The fourth-order valence-corrected chi connectivity index (χ4v) is 2.98. The molecule has 4 rings (SSSR count). The van der Waals surface area contributed by atoms with Gasteiger partial charge in [-0.05, 0) is 29.8 Å². The number of guanidine groups is 1. The first-order chi connectivity index (χ1) is 9.83. The topological polar surface area (TPSA) is 18.8 Å². The Balaban J connectivity index is 0.000000882. The standard InChI is InChI=1S/C16H14ClN3.ClH/c17-13-7-5-12(6-8-13)11-20-15-4-2-1-3-14(15)19-10-9-18-16(19)20;/h1-8H,9-11H2;1H. The third-order valence-electron chi connectivity index (χ3n) is 3.78. The van der Waals surface area contributed by atoms with Crippen LogP contribution in [0.25, 0.3) is 0 Å². The van der Waals surface area contributed by atoms with E-state index in [9.17, 15) is 0 Å². The van der Waals surface area contributed by atoms with Gasteiger partial charge in [-0.25, -0.2) is 0 Å². The van der Waals surface area contributed by atoms with Gasteiger partial charge in [-0.2, -0.15) is 0 Å². The summed E-state index contributed by atoms with van der Waals surface area (Å²) >= 11 is 5.95. The smallest absolute Gasteiger partial charge is 1.00 e. The molecule has 2 aromatic carbocycles. The molecule has 2 aliphatic rings. The summed E-state index contributed by atoms with van der Waals surface area (Å²) in [5.41, 5.74) is 3.74. The third-order valence-corrected chi connectivity index (χ3v) is 4.03. The number of para-hydroxylation sites is 2. The lowest BCUT2D eigenvalue weighted by atomic mass is 10.2. The van der Waals surface area contributed by atoms with Gasteiger partial charge in [0.05, 0.1) is 24.5 Å². The van der Waals surface area contributed by atoms with Crippen LogP contribution in [0.3, 0.4) is 0 Å². The normalized spacial score (nSPS) is 15.4. The highest BCUT2D eigenvalue weighted by Gasteiger charge is 2.34. The Hall–Kier alpha value is -1.71. The molecule has 0 radical (unpaired) electrons. The van der Waals surface area contributed by atoms with Crippen LogP contribution in [-0.2, 0) is 6.54 Å². The van der Waals surface area contributed by atoms with E-state index >= 15 is 0 Å². The molecule has 0 saturated heterocycles. The number of fused-ring (bicyclic) bond motifs is 3. The molecule has 0 saturated carbocycles. The summed E-state index contributed by atoms with van der Waals surface area (Å²) < 4.78 is 0. The quantitative estimate of drug-likeness (QED) is 0.809. The van der Waals surface area contributed by atoms with Crippen LogP contribution in [0.1, 0.15) is 6.99 Å². The van der Waals surface area contributed by atoms with Gasteiger partial charge in [0.25, 0.3) is 0 Å². The highest BCUT2D eigenvalue weighted by molar-refractivity contribution is 6.30. The van der Waals surface area contributed by atoms with Crippen molar-refractivity contribution >= 4 is 28.9 Å². The Bertz CT molecular complexity index is 688. The first kappa shape index (κ1) is 14.2. The molecule has 0 amide bonds. The zero-order valence-electron chi connectivity index (χ0n) is 12.3. The fourth-order valence-electron chi connectivity index (χ4n) is 2.85. The molecule has 0 fully saturated rings. The summed E-state index contributed by atoms with van der Waals surface area (Å²) in [6, 6.07) is 16.5. The van der Waals surface area contributed by atoms with Crippen molar-refractivity contribution in [3.63, 3.8) is 0 Å². The second kappa shape index (κ2) is 5.58. The van der Waals surface area contributed by atoms with E-state index in [2.05, 4.69) is 51.2 Å². The molecule has 0 spiro atoms. The van der Waals surface area contributed by atoms with Crippen molar-refractivity contribution in [2.45, 2.75) is 6.54 Å². The SMILES string of the molecule is Clc1ccc(CN2C3=NCCN3c3ccccc32)cc1.[Cl-].[H+]. The van der Waals surface area contributed by atoms with Crippen molar-refractivity contribution < 1.29 is 13.8 Å². The van der Waals surface area contributed by atoms with E-state index in [4.69, 9.17) is 11.6 Å². The predicted octanol–water partition coefficient (Wildman–Crippen LogP) is 0.653.